The Labute approximate surface area is 74.9 Å². The van der Waals surface area contributed by atoms with Gasteiger partial charge in [0.1, 0.15) is 0 Å². The molecule has 0 radical (unpaired) electrons. The van der Waals surface area contributed by atoms with Gasteiger partial charge in [-0.15, -0.1) is 0 Å². The summed E-state index contributed by atoms with van der Waals surface area (Å²) >= 11 is 0. The standard InChI is InChI=1S/C10H20O2/c1-8(2)5-4-6-9(3)10(12)7-11/h8,10-12H,3-7H2,1-2H3. The minimum absolute atomic E-state index is 0.208. The molecule has 0 spiro atoms. The van der Waals surface area contributed by atoms with E-state index in [1.165, 1.54) is 0 Å². The fourth-order valence-electron chi connectivity index (χ4n) is 1.03. The highest BCUT2D eigenvalue weighted by molar-refractivity contribution is 5.01. The molecule has 0 aromatic heterocycles. The lowest BCUT2D eigenvalue weighted by Gasteiger charge is -2.11. The van der Waals surface area contributed by atoms with Crippen LogP contribution in [-0.2, 0) is 0 Å². The first kappa shape index (κ1) is 11.7. The average molecular weight is 172 g/mol. The number of aliphatic hydroxyl groups excluding tert-OH is 2. The van der Waals surface area contributed by atoms with Crippen LogP contribution in [0.5, 0.6) is 0 Å². The van der Waals surface area contributed by atoms with Gasteiger partial charge in [0.2, 0.25) is 0 Å². The summed E-state index contributed by atoms with van der Waals surface area (Å²) < 4.78 is 0. The van der Waals surface area contributed by atoms with Gasteiger partial charge in [-0.3, -0.25) is 0 Å². The Hall–Kier alpha value is -0.340. The highest BCUT2D eigenvalue weighted by Gasteiger charge is 2.06. The van der Waals surface area contributed by atoms with Gasteiger partial charge >= 0.3 is 0 Å². The predicted molar refractivity (Wildman–Crippen MR) is 50.9 cm³/mol. The van der Waals surface area contributed by atoms with Crippen molar-refractivity contribution >= 4 is 0 Å². The number of hydrogen-bond donors (Lipinski definition) is 2. The summed E-state index contributed by atoms with van der Waals surface area (Å²) in [5.74, 6) is 0.698. The maximum absolute atomic E-state index is 9.14. The van der Waals surface area contributed by atoms with E-state index in [-0.39, 0.29) is 6.61 Å². The Balaban J connectivity index is 3.44. The minimum Gasteiger partial charge on any atom is -0.393 e. The van der Waals surface area contributed by atoms with Crippen molar-refractivity contribution in [3.63, 3.8) is 0 Å². The number of rotatable bonds is 6. The molecular weight excluding hydrogens is 152 g/mol. The Bertz CT molecular complexity index is 130. The second-order valence-electron chi connectivity index (χ2n) is 3.64. The van der Waals surface area contributed by atoms with Gasteiger partial charge in [-0.25, -0.2) is 0 Å². The van der Waals surface area contributed by atoms with Crippen molar-refractivity contribution in [2.45, 2.75) is 39.2 Å². The third kappa shape index (κ3) is 5.33. The van der Waals surface area contributed by atoms with Crippen LogP contribution >= 0.6 is 0 Å². The van der Waals surface area contributed by atoms with E-state index in [1.807, 2.05) is 0 Å². The smallest absolute Gasteiger partial charge is 0.0978 e. The molecule has 0 bridgehead atoms. The molecule has 0 aliphatic carbocycles. The fourth-order valence-corrected chi connectivity index (χ4v) is 1.03. The number of aliphatic hydroxyl groups is 2. The topological polar surface area (TPSA) is 40.5 Å². The van der Waals surface area contributed by atoms with Gasteiger partial charge in [0.05, 0.1) is 12.7 Å². The van der Waals surface area contributed by atoms with Crippen LogP contribution in [0.2, 0.25) is 0 Å². The Kier molecular flexibility index (Phi) is 6.03. The van der Waals surface area contributed by atoms with E-state index < -0.39 is 6.10 Å². The van der Waals surface area contributed by atoms with Crippen LogP contribution in [0.3, 0.4) is 0 Å². The highest BCUT2D eigenvalue weighted by atomic mass is 16.3. The first-order valence-corrected chi connectivity index (χ1v) is 4.54. The number of hydrogen-bond acceptors (Lipinski definition) is 2. The molecule has 0 heterocycles. The van der Waals surface area contributed by atoms with Crippen molar-refractivity contribution in [3.05, 3.63) is 12.2 Å². The predicted octanol–water partition coefficient (Wildman–Crippen LogP) is 1.72. The molecule has 0 rings (SSSR count). The zero-order chi connectivity index (χ0) is 9.56. The van der Waals surface area contributed by atoms with Crippen LogP contribution in [0, 0.1) is 5.92 Å². The van der Waals surface area contributed by atoms with Crippen molar-refractivity contribution in [1.82, 2.24) is 0 Å². The fraction of sp³-hybridized carbons (Fsp3) is 0.800. The zero-order valence-corrected chi connectivity index (χ0v) is 8.08. The molecule has 2 N–H and O–H groups in total. The molecule has 1 unspecified atom stereocenters. The van der Waals surface area contributed by atoms with Gasteiger partial charge in [0.15, 0.2) is 0 Å². The molecule has 0 aliphatic heterocycles. The van der Waals surface area contributed by atoms with Crippen molar-refractivity contribution < 1.29 is 10.2 Å². The van der Waals surface area contributed by atoms with E-state index >= 15 is 0 Å². The average Bonchev–Trinajstić information content (AvgIpc) is 2.02. The molecule has 0 aromatic carbocycles. The lowest BCUT2D eigenvalue weighted by atomic mass is 10.0. The van der Waals surface area contributed by atoms with Crippen molar-refractivity contribution in [3.8, 4) is 0 Å². The molecule has 0 saturated heterocycles. The van der Waals surface area contributed by atoms with E-state index in [4.69, 9.17) is 10.2 Å². The van der Waals surface area contributed by atoms with E-state index in [9.17, 15) is 0 Å². The molecule has 1 atom stereocenters. The summed E-state index contributed by atoms with van der Waals surface area (Å²) in [7, 11) is 0. The summed E-state index contributed by atoms with van der Waals surface area (Å²) in [5, 5.41) is 17.7. The maximum Gasteiger partial charge on any atom is 0.0978 e. The van der Waals surface area contributed by atoms with Crippen LogP contribution < -0.4 is 0 Å². The van der Waals surface area contributed by atoms with Gasteiger partial charge in [-0.05, 0) is 24.3 Å². The molecule has 0 amide bonds. The third-order valence-electron chi connectivity index (χ3n) is 1.92. The summed E-state index contributed by atoms with van der Waals surface area (Å²) in [6.45, 7) is 7.85. The summed E-state index contributed by atoms with van der Waals surface area (Å²) in [6.07, 6.45) is 2.29. The Morgan fingerprint density at radius 3 is 2.42 bits per heavy atom. The van der Waals surface area contributed by atoms with E-state index in [1.54, 1.807) is 0 Å². The molecule has 0 saturated carbocycles. The molecule has 2 heteroatoms. The van der Waals surface area contributed by atoms with Crippen LogP contribution in [0.1, 0.15) is 33.1 Å². The maximum atomic E-state index is 9.14. The van der Waals surface area contributed by atoms with Crippen LogP contribution in [0.25, 0.3) is 0 Å². The van der Waals surface area contributed by atoms with Gasteiger partial charge in [0, 0.05) is 0 Å². The van der Waals surface area contributed by atoms with Gasteiger partial charge < -0.3 is 10.2 Å². The van der Waals surface area contributed by atoms with E-state index in [0.29, 0.717) is 5.92 Å². The monoisotopic (exact) mass is 172 g/mol. The second kappa shape index (κ2) is 6.21. The molecule has 12 heavy (non-hydrogen) atoms. The van der Waals surface area contributed by atoms with Crippen LogP contribution in [-0.4, -0.2) is 22.9 Å². The van der Waals surface area contributed by atoms with Gasteiger partial charge in [-0.1, -0.05) is 26.8 Å². The minimum atomic E-state index is -0.725. The molecular formula is C10H20O2. The second-order valence-corrected chi connectivity index (χ2v) is 3.64. The van der Waals surface area contributed by atoms with E-state index in [2.05, 4.69) is 20.4 Å². The van der Waals surface area contributed by atoms with Crippen LogP contribution in [0.15, 0.2) is 12.2 Å². The lowest BCUT2D eigenvalue weighted by molar-refractivity contribution is 0.119. The van der Waals surface area contributed by atoms with Crippen LogP contribution in [0.4, 0.5) is 0 Å². The van der Waals surface area contributed by atoms with Crippen molar-refractivity contribution in [1.29, 1.82) is 0 Å². The summed E-state index contributed by atoms with van der Waals surface area (Å²) in [6, 6.07) is 0. The molecule has 72 valence electrons. The molecule has 0 aliphatic rings. The first-order chi connectivity index (χ1) is 5.57. The quantitative estimate of drug-likeness (QED) is 0.599. The highest BCUT2D eigenvalue weighted by Crippen LogP contribution is 2.13. The summed E-state index contributed by atoms with van der Waals surface area (Å²) in [5.41, 5.74) is 0.748. The first-order valence-electron chi connectivity index (χ1n) is 4.54. The molecule has 0 aromatic rings. The van der Waals surface area contributed by atoms with Crippen molar-refractivity contribution in [2.24, 2.45) is 5.92 Å². The van der Waals surface area contributed by atoms with Gasteiger partial charge in [-0.2, -0.15) is 0 Å². The summed E-state index contributed by atoms with van der Waals surface area (Å²) in [4.78, 5) is 0. The lowest BCUT2D eigenvalue weighted by Crippen LogP contribution is -2.14. The Morgan fingerprint density at radius 2 is 2.00 bits per heavy atom. The Morgan fingerprint density at radius 1 is 1.42 bits per heavy atom. The molecule has 0 fully saturated rings. The zero-order valence-electron chi connectivity index (χ0n) is 8.08. The third-order valence-corrected chi connectivity index (χ3v) is 1.92. The largest absolute Gasteiger partial charge is 0.393 e. The van der Waals surface area contributed by atoms with Gasteiger partial charge in [0.25, 0.3) is 0 Å². The SMILES string of the molecule is C=C(CCCC(C)C)C(O)CO. The normalized spacial score (nSPS) is 13.4. The van der Waals surface area contributed by atoms with Crippen molar-refractivity contribution in [2.75, 3.05) is 6.61 Å². The van der Waals surface area contributed by atoms with E-state index in [0.717, 1.165) is 24.8 Å². The molecule has 2 nitrogen and oxygen atoms in total.